The molecule has 9 heteroatoms. The van der Waals surface area contributed by atoms with E-state index in [1.165, 1.54) is 0 Å². The number of halogens is 2. The van der Waals surface area contributed by atoms with Gasteiger partial charge in [0.2, 0.25) is 11.9 Å². The summed E-state index contributed by atoms with van der Waals surface area (Å²) in [4.78, 5) is 21.8. The lowest BCUT2D eigenvalue weighted by Gasteiger charge is -2.25. The summed E-state index contributed by atoms with van der Waals surface area (Å²) in [6.07, 6.45) is -1.08. The molecule has 0 saturated carbocycles. The normalized spacial score (nSPS) is 15.7. The SMILES string of the molecule is O=C(Nc1cc([N+](=O)[O-])c(F)cc1F)[C@H]1COc2ccccc2O1. The minimum absolute atomic E-state index is 0.117. The quantitative estimate of drug-likeness (QED) is 0.687. The molecule has 7 nitrogen and oxygen atoms in total. The van der Waals surface area contributed by atoms with Crippen LogP contribution in [0.2, 0.25) is 0 Å². The van der Waals surface area contributed by atoms with Gasteiger partial charge in [0.05, 0.1) is 10.6 Å². The lowest BCUT2D eigenvalue weighted by Crippen LogP contribution is -2.40. The summed E-state index contributed by atoms with van der Waals surface area (Å²) in [7, 11) is 0. The number of anilines is 1. The number of para-hydroxylation sites is 2. The highest BCUT2D eigenvalue weighted by Crippen LogP contribution is 2.31. The number of ether oxygens (including phenoxy) is 2. The Morgan fingerprint density at radius 3 is 2.62 bits per heavy atom. The predicted molar refractivity (Wildman–Crippen MR) is 78.0 cm³/mol. The molecule has 3 rings (SSSR count). The molecule has 2 aromatic carbocycles. The standard InChI is InChI=1S/C15H10F2N2O5/c16-8-5-9(17)11(19(21)22)6-10(8)18-15(20)14-7-23-12-3-1-2-4-13(12)24-14/h1-6,14H,7H2,(H,18,20)/t14-/m1/s1. The Hall–Kier alpha value is -3.23. The Kier molecular flexibility index (Phi) is 3.98. The van der Waals surface area contributed by atoms with Crippen LogP contribution in [-0.2, 0) is 4.79 Å². The predicted octanol–water partition coefficient (Wildman–Crippen LogP) is 2.65. The number of nitrogens with one attached hydrogen (secondary N) is 1. The summed E-state index contributed by atoms with van der Waals surface area (Å²) in [5.74, 6) is -2.44. The van der Waals surface area contributed by atoms with Crippen LogP contribution in [0.4, 0.5) is 20.2 Å². The number of rotatable bonds is 3. The van der Waals surface area contributed by atoms with E-state index >= 15 is 0 Å². The van der Waals surface area contributed by atoms with Gasteiger partial charge >= 0.3 is 5.69 Å². The minimum Gasteiger partial charge on any atom is -0.485 e. The van der Waals surface area contributed by atoms with Gasteiger partial charge in [-0.1, -0.05) is 12.1 Å². The second-order valence-corrected chi connectivity index (χ2v) is 4.89. The first-order chi connectivity index (χ1) is 11.5. The molecule has 1 heterocycles. The Morgan fingerprint density at radius 2 is 1.92 bits per heavy atom. The first-order valence-corrected chi connectivity index (χ1v) is 6.78. The van der Waals surface area contributed by atoms with E-state index < -0.39 is 39.9 Å². The molecular formula is C15H10F2N2O5. The molecule has 1 amide bonds. The zero-order chi connectivity index (χ0) is 17.3. The van der Waals surface area contributed by atoms with Crippen LogP contribution in [0.15, 0.2) is 36.4 Å². The van der Waals surface area contributed by atoms with Crippen LogP contribution in [0.5, 0.6) is 11.5 Å². The topological polar surface area (TPSA) is 90.7 Å². The van der Waals surface area contributed by atoms with Crippen LogP contribution in [0.3, 0.4) is 0 Å². The van der Waals surface area contributed by atoms with Crippen molar-refractivity contribution >= 4 is 17.3 Å². The largest absolute Gasteiger partial charge is 0.485 e. The molecule has 0 bridgehead atoms. The molecule has 0 aromatic heterocycles. The number of fused-ring (bicyclic) bond motifs is 1. The fraction of sp³-hybridized carbons (Fsp3) is 0.133. The first-order valence-electron chi connectivity index (χ1n) is 6.78. The number of hydrogen-bond donors (Lipinski definition) is 1. The third-order valence-electron chi connectivity index (χ3n) is 3.29. The number of benzene rings is 2. The Balaban J connectivity index is 1.79. The molecule has 0 spiro atoms. The monoisotopic (exact) mass is 336 g/mol. The van der Waals surface area contributed by atoms with Crippen molar-refractivity contribution in [2.45, 2.75) is 6.10 Å². The van der Waals surface area contributed by atoms with Crippen LogP contribution in [-0.4, -0.2) is 23.5 Å². The van der Waals surface area contributed by atoms with Crippen molar-refractivity contribution in [3.8, 4) is 11.5 Å². The fourth-order valence-electron chi connectivity index (χ4n) is 2.14. The average molecular weight is 336 g/mol. The molecule has 124 valence electrons. The first kappa shape index (κ1) is 15.7. The molecule has 1 aliphatic heterocycles. The molecule has 1 N–H and O–H groups in total. The van der Waals surface area contributed by atoms with E-state index in [1.807, 2.05) is 0 Å². The second-order valence-electron chi connectivity index (χ2n) is 4.89. The van der Waals surface area contributed by atoms with E-state index in [0.717, 1.165) is 0 Å². The van der Waals surface area contributed by atoms with E-state index in [2.05, 4.69) is 5.32 Å². The highest BCUT2D eigenvalue weighted by molar-refractivity contribution is 5.95. The molecule has 1 atom stereocenters. The number of nitro benzene ring substituents is 1. The maximum atomic E-state index is 13.7. The number of amides is 1. The van der Waals surface area contributed by atoms with Crippen molar-refractivity contribution in [2.24, 2.45) is 0 Å². The van der Waals surface area contributed by atoms with Crippen LogP contribution in [0.1, 0.15) is 0 Å². The lowest BCUT2D eigenvalue weighted by molar-refractivity contribution is -0.387. The van der Waals surface area contributed by atoms with Gasteiger partial charge < -0.3 is 14.8 Å². The van der Waals surface area contributed by atoms with Crippen molar-refractivity contribution < 1.29 is 28.0 Å². The van der Waals surface area contributed by atoms with E-state index in [0.29, 0.717) is 23.6 Å². The van der Waals surface area contributed by atoms with Crippen molar-refractivity contribution in [2.75, 3.05) is 11.9 Å². The molecule has 24 heavy (non-hydrogen) atoms. The summed E-state index contributed by atoms with van der Waals surface area (Å²) in [5, 5.41) is 12.8. The number of carbonyl (C=O) groups excluding carboxylic acids is 1. The smallest absolute Gasteiger partial charge is 0.307 e. The van der Waals surface area contributed by atoms with Crippen LogP contribution in [0.25, 0.3) is 0 Å². The summed E-state index contributed by atoms with van der Waals surface area (Å²) >= 11 is 0. The third-order valence-corrected chi connectivity index (χ3v) is 3.29. The fourth-order valence-corrected chi connectivity index (χ4v) is 2.14. The molecule has 1 aliphatic rings. The molecule has 0 fully saturated rings. The van der Waals surface area contributed by atoms with Gasteiger partial charge in [0, 0.05) is 12.1 Å². The summed E-state index contributed by atoms with van der Waals surface area (Å²) in [5.41, 5.74) is -1.46. The lowest BCUT2D eigenvalue weighted by atomic mass is 10.2. The van der Waals surface area contributed by atoms with Crippen molar-refractivity contribution in [3.63, 3.8) is 0 Å². The molecule has 0 saturated heterocycles. The van der Waals surface area contributed by atoms with E-state index in [4.69, 9.17) is 9.47 Å². The van der Waals surface area contributed by atoms with Gasteiger partial charge in [-0.25, -0.2) is 4.39 Å². The van der Waals surface area contributed by atoms with E-state index in [9.17, 15) is 23.7 Å². The highest BCUT2D eigenvalue weighted by atomic mass is 19.1. The van der Waals surface area contributed by atoms with Crippen molar-refractivity contribution in [3.05, 3.63) is 58.1 Å². The van der Waals surface area contributed by atoms with Gasteiger partial charge in [0.25, 0.3) is 5.91 Å². The molecular weight excluding hydrogens is 326 g/mol. The maximum Gasteiger partial charge on any atom is 0.307 e. The summed E-state index contributed by atoms with van der Waals surface area (Å²) in [6, 6.07) is 7.62. The summed E-state index contributed by atoms with van der Waals surface area (Å²) < 4.78 is 37.8. The zero-order valence-electron chi connectivity index (χ0n) is 12.0. The van der Waals surface area contributed by atoms with Gasteiger partial charge in [-0.2, -0.15) is 4.39 Å². The highest BCUT2D eigenvalue weighted by Gasteiger charge is 2.29. The Morgan fingerprint density at radius 1 is 1.21 bits per heavy atom. The van der Waals surface area contributed by atoms with Gasteiger partial charge in [-0.3, -0.25) is 14.9 Å². The maximum absolute atomic E-state index is 13.7. The van der Waals surface area contributed by atoms with Crippen molar-refractivity contribution in [1.82, 2.24) is 0 Å². The van der Waals surface area contributed by atoms with E-state index in [-0.39, 0.29) is 6.61 Å². The van der Waals surface area contributed by atoms with Crippen molar-refractivity contribution in [1.29, 1.82) is 0 Å². The number of nitrogens with zero attached hydrogens (tertiary/aromatic N) is 1. The van der Waals surface area contributed by atoms with Crippen LogP contribution in [0, 0.1) is 21.7 Å². The van der Waals surface area contributed by atoms with Crippen LogP contribution < -0.4 is 14.8 Å². The van der Waals surface area contributed by atoms with Gasteiger partial charge in [0.15, 0.2) is 11.5 Å². The number of nitro groups is 1. The molecule has 2 aromatic rings. The van der Waals surface area contributed by atoms with E-state index in [1.54, 1.807) is 24.3 Å². The second kappa shape index (κ2) is 6.11. The van der Waals surface area contributed by atoms with Gasteiger partial charge in [0.1, 0.15) is 12.4 Å². The average Bonchev–Trinajstić information content (AvgIpc) is 2.56. The Labute approximate surface area is 134 Å². The summed E-state index contributed by atoms with van der Waals surface area (Å²) in [6.45, 7) is -0.117. The van der Waals surface area contributed by atoms with Gasteiger partial charge in [-0.15, -0.1) is 0 Å². The number of hydrogen-bond acceptors (Lipinski definition) is 5. The number of carbonyl (C=O) groups is 1. The minimum atomic E-state index is -1.33. The molecule has 0 aliphatic carbocycles. The zero-order valence-corrected chi connectivity index (χ0v) is 12.0. The Bertz CT molecular complexity index is 828. The van der Waals surface area contributed by atoms with Crippen LogP contribution >= 0.6 is 0 Å². The molecule has 0 radical (unpaired) electrons. The molecule has 0 unspecified atom stereocenters. The third kappa shape index (κ3) is 2.96. The van der Waals surface area contributed by atoms with Gasteiger partial charge in [-0.05, 0) is 12.1 Å².